The van der Waals surface area contributed by atoms with Gasteiger partial charge in [-0.15, -0.1) is 0 Å². The lowest BCUT2D eigenvalue weighted by molar-refractivity contribution is -0.123. The number of carbonyl (C=O) groups excluding carboxylic acids is 1. The van der Waals surface area contributed by atoms with E-state index in [0.717, 1.165) is 6.42 Å². The second kappa shape index (κ2) is 5.44. The zero-order valence-electron chi connectivity index (χ0n) is 8.90. The van der Waals surface area contributed by atoms with Crippen LogP contribution in [0, 0.1) is 5.92 Å². The Morgan fingerprint density at radius 1 is 1.71 bits per heavy atom. The molecule has 1 saturated heterocycles. The van der Waals surface area contributed by atoms with Crippen LogP contribution in [0.5, 0.6) is 0 Å². The topological polar surface area (TPSA) is 49.8 Å². The van der Waals surface area contributed by atoms with Crippen LogP contribution in [0.4, 0.5) is 0 Å². The van der Waals surface area contributed by atoms with Gasteiger partial charge < -0.3 is 9.84 Å². The monoisotopic (exact) mass is 201 g/mol. The third kappa shape index (κ3) is 3.74. The molecule has 0 aromatic carbocycles. The van der Waals surface area contributed by atoms with Crippen LogP contribution in [0.2, 0.25) is 0 Å². The molecule has 82 valence electrons. The van der Waals surface area contributed by atoms with E-state index in [-0.39, 0.29) is 17.8 Å². The van der Waals surface area contributed by atoms with E-state index in [1.165, 1.54) is 0 Å². The predicted molar refractivity (Wildman–Crippen MR) is 53.1 cm³/mol. The maximum absolute atomic E-state index is 11.6. The zero-order valence-corrected chi connectivity index (χ0v) is 8.90. The molecule has 0 aromatic rings. The Kier molecular flexibility index (Phi) is 4.51. The smallest absolute Gasteiger partial charge is 0.152 e. The van der Waals surface area contributed by atoms with Crippen LogP contribution in [0.3, 0.4) is 0 Å². The Bertz CT molecular complexity index is 188. The lowest BCUT2D eigenvalue weighted by Gasteiger charge is -2.18. The van der Waals surface area contributed by atoms with Crippen molar-refractivity contribution in [2.24, 2.45) is 5.92 Å². The first-order valence-electron chi connectivity index (χ1n) is 5.06. The fraction of sp³-hybridized carbons (Fsp3) is 0.900. The van der Waals surface area contributed by atoms with Crippen molar-refractivity contribution in [3.63, 3.8) is 0 Å². The molecule has 0 saturated carbocycles. The number of carbonyl (C=O) groups is 1. The van der Waals surface area contributed by atoms with Gasteiger partial charge in [-0.1, -0.05) is 0 Å². The van der Waals surface area contributed by atoms with E-state index in [1.54, 1.807) is 6.92 Å². The minimum atomic E-state index is -0.382. The second-order valence-electron chi connectivity index (χ2n) is 4.07. The summed E-state index contributed by atoms with van der Waals surface area (Å²) in [5.74, 6) is 0.303. The van der Waals surface area contributed by atoms with E-state index in [2.05, 4.69) is 0 Å². The Morgan fingerprint density at radius 3 is 2.93 bits per heavy atom. The van der Waals surface area contributed by atoms with E-state index >= 15 is 0 Å². The lowest BCUT2D eigenvalue weighted by atomic mass is 10.0. The van der Waals surface area contributed by atoms with Crippen LogP contribution in [0.25, 0.3) is 0 Å². The van der Waals surface area contributed by atoms with Gasteiger partial charge in [0.15, 0.2) is 5.78 Å². The number of Topliss-reactive ketones (excluding diaryl/α,β-unsaturated/α-hetero) is 1. The van der Waals surface area contributed by atoms with E-state index in [0.29, 0.717) is 26.3 Å². The number of aliphatic hydroxyl groups excluding tert-OH is 1. The summed E-state index contributed by atoms with van der Waals surface area (Å²) in [5.41, 5.74) is 0. The Labute approximate surface area is 84.8 Å². The number of hydrogen-bond donors (Lipinski definition) is 1. The van der Waals surface area contributed by atoms with Gasteiger partial charge in [-0.2, -0.15) is 0 Å². The van der Waals surface area contributed by atoms with Gasteiger partial charge in [0.05, 0.1) is 19.3 Å². The molecule has 1 aliphatic heterocycles. The van der Waals surface area contributed by atoms with E-state index in [9.17, 15) is 4.79 Å². The van der Waals surface area contributed by atoms with Crippen molar-refractivity contribution in [2.75, 3.05) is 33.4 Å². The van der Waals surface area contributed by atoms with Crippen molar-refractivity contribution in [1.82, 2.24) is 4.90 Å². The Morgan fingerprint density at radius 2 is 2.43 bits per heavy atom. The SMILES string of the molecule is CC(O)CN(C)CC(=O)C1CCOC1. The van der Waals surface area contributed by atoms with E-state index < -0.39 is 0 Å². The number of hydrogen-bond acceptors (Lipinski definition) is 4. The molecular formula is C10H19NO3. The van der Waals surface area contributed by atoms with Gasteiger partial charge >= 0.3 is 0 Å². The molecular weight excluding hydrogens is 182 g/mol. The number of ether oxygens (including phenoxy) is 1. The molecule has 14 heavy (non-hydrogen) atoms. The molecule has 0 radical (unpaired) electrons. The van der Waals surface area contributed by atoms with Crippen LogP contribution in [-0.4, -0.2) is 55.2 Å². The van der Waals surface area contributed by atoms with Crippen molar-refractivity contribution in [3.8, 4) is 0 Å². The average molecular weight is 201 g/mol. The predicted octanol–water partition coefficient (Wildman–Crippen LogP) is -0.0954. The average Bonchev–Trinajstić information content (AvgIpc) is 2.53. The quantitative estimate of drug-likeness (QED) is 0.675. The highest BCUT2D eigenvalue weighted by atomic mass is 16.5. The van der Waals surface area contributed by atoms with Gasteiger partial charge in [-0.05, 0) is 20.4 Å². The normalized spacial score (nSPS) is 24.1. The highest BCUT2D eigenvalue weighted by molar-refractivity contribution is 5.83. The molecule has 1 fully saturated rings. The molecule has 1 N–H and O–H groups in total. The van der Waals surface area contributed by atoms with Crippen molar-refractivity contribution in [3.05, 3.63) is 0 Å². The molecule has 2 unspecified atom stereocenters. The zero-order chi connectivity index (χ0) is 10.6. The minimum absolute atomic E-state index is 0.0754. The standard InChI is InChI=1S/C10H19NO3/c1-8(12)5-11(2)6-10(13)9-3-4-14-7-9/h8-9,12H,3-7H2,1-2H3. The lowest BCUT2D eigenvalue weighted by Crippen LogP contribution is -2.34. The summed E-state index contributed by atoms with van der Waals surface area (Å²) in [5, 5.41) is 9.12. The van der Waals surface area contributed by atoms with Crippen molar-refractivity contribution in [1.29, 1.82) is 0 Å². The molecule has 1 aliphatic rings. The van der Waals surface area contributed by atoms with Gasteiger partial charge in [-0.3, -0.25) is 9.69 Å². The van der Waals surface area contributed by atoms with Crippen molar-refractivity contribution >= 4 is 5.78 Å². The molecule has 2 atom stereocenters. The fourth-order valence-electron chi connectivity index (χ4n) is 1.70. The number of ketones is 1. The van der Waals surface area contributed by atoms with Crippen molar-refractivity contribution < 1.29 is 14.6 Å². The molecule has 4 heteroatoms. The van der Waals surface area contributed by atoms with Crippen LogP contribution in [-0.2, 0) is 9.53 Å². The van der Waals surface area contributed by atoms with Gasteiger partial charge in [0, 0.05) is 19.1 Å². The van der Waals surface area contributed by atoms with Gasteiger partial charge in [0.1, 0.15) is 0 Å². The van der Waals surface area contributed by atoms with Crippen molar-refractivity contribution in [2.45, 2.75) is 19.4 Å². The highest BCUT2D eigenvalue weighted by Crippen LogP contribution is 2.13. The maximum Gasteiger partial charge on any atom is 0.152 e. The molecule has 1 heterocycles. The molecule has 0 aromatic heterocycles. The highest BCUT2D eigenvalue weighted by Gasteiger charge is 2.24. The minimum Gasteiger partial charge on any atom is -0.392 e. The molecule has 0 bridgehead atoms. The summed E-state index contributed by atoms with van der Waals surface area (Å²) >= 11 is 0. The van der Waals surface area contributed by atoms with Crippen LogP contribution < -0.4 is 0 Å². The summed E-state index contributed by atoms with van der Waals surface area (Å²) in [6.07, 6.45) is 0.467. The third-order valence-electron chi connectivity index (χ3n) is 2.39. The number of aliphatic hydroxyl groups is 1. The first kappa shape index (κ1) is 11.6. The summed E-state index contributed by atoms with van der Waals surface area (Å²) in [7, 11) is 1.85. The molecule has 0 spiro atoms. The summed E-state index contributed by atoms with van der Waals surface area (Å²) in [4.78, 5) is 13.5. The van der Waals surface area contributed by atoms with Crippen LogP contribution in [0.1, 0.15) is 13.3 Å². The van der Waals surface area contributed by atoms with Crippen LogP contribution in [0.15, 0.2) is 0 Å². The van der Waals surface area contributed by atoms with E-state index in [1.807, 2.05) is 11.9 Å². The molecule has 0 aliphatic carbocycles. The first-order chi connectivity index (χ1) is 6.59. The number of rotatable bonds is 5. The van der Waals surface area contributed by atoms with Crippen LogP contribution >= 0.6 is 0 Å². The largest absolute Gasteiger partial charge is 0.392 e. The summed E-state index contributed by atoms with van der Waals surface area (Å²) in [6.45, 7) is 3.95. The fourth-order valence-corrected chi connectivity index (χ4v) is 1.70. The maximum atomic E-state index is 11.6. The second-order valence-corrected chi connectivity index (χ2v) is 4.07. The summed E-state index contributed by atoms with van der Waals surface area (Å²) in [6, 6.07) is 0. The molecule has 0 amide bonds. The Hall–Kier alpha value is -0.450. The van der Waals surface area contributed by atoms with Gasteiger partial charge in [0.2, 0.25) is 0 Å². The van der Waals surface area contributed by atoms with Gasteiger partial charge in [0.25, 0.3) is 0 Å². The Balaban J connectivity index is 2.25. The number of likely N-dealkylation sites (N-methyl/N-ethyl adjacent to an activating group) is 1. The number of nitrogens with zero attached hydrogens (tertiary/aromatic N) is 1. The van der Waals surface area contributed by atoms with E-state index in [4.69, 9.17) is 9.84 Å². The summed E-state index contributed by atoms with van der Waals surface area (Å²) < 4.78 is 5.15. The molecule has 1 rings (SSSR count). The third-order valence-corrected chi connectivity index (χ3v) is 2.39. The first-order valence-corrected chi connectivity index (χ1v) is 5.06. The van der Waals surface area contributed by atoms with Gasteiger partial charge in [-0.25, -0.2) is 0 Å². The molecule has 4 nitrogen and oxygen atoms in total.